The average Bonchev–Trinajstić information content (AvgIpc) is 2.91. The van der Waals surface area contributed by atoms with Gasteiger partial charge < -0.3 is 10.2 Å². The summed E-state index contributed by atoms with van der Waals surface area (Å²) < 4.78 is 7.97. The topological polar surface area (TPSA) is 100 Å². The molecule has 0 fully saturated rings. The number of nitrogens with two attached hydrogens (primary N) is 1. The highest BCUT2D eigenvalue weighted by molar-refractivity contribution is 6.02. The van der Waals surface area contributed by atoms with E-state index in [9.17, 15) is 14.4 Å². The van der Waals surface area contributed by atoms with E-state index in [4.69, 9.17) is 10.2 Å². The molecule has 0 aliphatic carbocycles. The molecule has 120 valence electrons. The Kier molecular flexibility index (Phi) is 3.77. The minimum Gasteiger partial charge on any atom is -0.449 e. The number of fused-ring (bicyclic) bond motifs is 3. The van der Waals surface area contributed by atoms with E-state index in [2.05, 4.69) is 0 Å². The number of nitrogens with zero attached hydrogens (tertiary/aromatic N) is 2. The van der Waals surface area contributed by atoms with Crippen molar-refractivity contribution in [2.75, 3.05) is 0 Å². The number of carbonyl (C=O) groups excluding carboxylic acids is 1. The number of primary amides is 1. The normalized spacial score (nSPS) is 11.3. The molecule has 7 heteroatoms. The maximum Gasteiger partial charge on any atom is 0.332 e. The van der Waals surface area contributed by atoms with Crippen LogP contribution in [0.3, 0.4) is 0 Å². The van der Waals surface area contributed by atoms with Crippen LogP contribution in [-0.2, 0) is 17.9 Å². The number of amides is 1. The van der Waals surface area contributed by atoms with Crippen molar-refractivity contribution in [1.82, 2.24) is 9.13 Å². The van der Waals surface area contributed by atoms with Crippen LogP contribution in [0.1, 0.15) is 19.8 Å². The monoisotopic (exact) mass is 315 g/mol. The number of aromatic nitrogens is 2. The van der Waals surface area contributed by atoms with Gasteiger partial charge in [0.1, 0.15) is 17.6 Å². The zero-order valence-electron chi connectivity index (χ0n) is 12.7. The fourth-order valence-electron chi connectivity index (χ4n) is 2.71. The maximum absolute atomic E-state index is 12.7. The second-order valence-corrected chi connectivity index (χ2v) is 5.42. The lowest BCUT2D eigenvalue weighted by atomic mass is 10.2. The fraction of sp³-hybridized carbons (Fsp3) is 0.312. The Morgan fingerprint density at radius 1 is 1.22 bits per heavy atom. The summed E-state index contributed by atoms with van der Waals surface area (Å²) in [5, 5.41) is 0.612. The number of furan rings is 1. The van der Waals surface area contributed by atoms with Crippen molar-refractivity contribution in [3.05, 3.63) is 45.1 Å². The van der Waals surface area contributed by atoms with Crippen LogP contribution in [0.4, 0.5) is 0 Å². The minimum absolute atomic E-state index is 0.0724. The summed E-state index contributed by atoms with van der Waals surface area (Å²) in [4.78, 5) is 36.6. The molecule has 0 aliphatic heterocycles. The summed E-state index contributed by atoms with van der Waals surface area (Å²) in [6, 6.07) is 7.01. The predicted molar refractivity (Wildman–Crippen MR) is 86.3 cm³/mol. The Labute approximate surface area is 130 Å². The van der Waals surface area contributed by atoms with Crippen LogP contribution in [-0.4, -0.2) is 15.0 Å². The van der Waals surface area contributed by atoms with E-state index in [1.54, 1.807) is 24.3 Å². The molecule has 2 N–H and O–H groups in total. The van der Waals surface area contributed by atoms with Gasteiger partial charge in [-0.05, 0) is 18.6 Å². The number of hydrogen-bond acceptors (Lipinski definition) is 4. The van der Waals surface area contributed by atoms with Gasteiger partial charge in [0.05, 0.1) is 0 Å². The van der Waals surface area contributed by atoms with Crippen molar-refractivity contribution in [1.29, 1.82) is 0 Å². The second kappa shape index (κ2) is 5.75. The predicted octanol–water partition coefficient (Wildman–Crippen LogP) is 1.19. The molecule has 0 bridgehead atoms. The molecule has 0 saturated heterocycles. The average molecular weight is 315 g/mol. The van der Waals surface area contributed by atoms with Gasteiger partial charge in [-0.1, -0.05) is 25.5 Å². The van der Waals surface area contributed by atoms with Crippen molar-refractivity contribution < 1.29 is 9.21 Å². The first-order valence-corrected chi connectivity index (χ1v) is 7.47. The Hall–Kier alpha value is -2.83. The van der Waals surface area contributed by atoms with Crippen LogP contribution in [0, 0.1) is 0 Å². The van der Waals surface area contributed by atoms with Crippen LogP contribution >= 0.6 is 0 Å². The van der Waals surface area contributed by atoms with Gasteiger partial charge in [0.25, 0.3) is 5.56 Å². The van der Waals surface area contributed by atoms with E-state index in [1.165, 1.54) is 4.57 Å². The third-order valence-corrected chi connectivity index (χ3v) is 3.79. The van der Waals surface area contributed by atoms with Gasteiger partial charge in [0.15, 0.2) is 0 Å². The molecule has 3 aromatic rings. The maximum atomic E-state index is 12.7. The molecule has 1 aromatic carbocycles. The Morgan fingerprint density at radius 3 is 2.65 bits per heavy atom. The first kappa shape index (κ1) is 15.1. The SMILES string of the molecule is CCCCn1c(=O)c2oc3ccccc3c2n(CC(N)=O)c1=O. The zero-order valence-corrected chi connectivity index (χ0v) is 12.7. The number of para-hydroxylation sites is 1. The summed E-state index contributed by atoms with van der Waals surface area (Å²) in [6.07, 6.45) is 1.51. The molecule has 3 rings (SSSR count). The van der Waals surface area contributed by atoms with Crippen molar-refractivity contribution >= 4 is 28.0 Å². The van der Waals surface area contributed by atoms with Crippen LogP contribution in [0.25, 0.3) is 22.1 Å². The highest BCUT2D eigenvalue weighted by atomic mass is 16.3. The van der Waals surface area contributed by atoms with Crippen LogP contribution in [0.15, 0.2) is 38.3 Å². The largest absolute Gasteiger partial charge is 0.449 e. The number of unbranched alkanes of at least 4 members (excludes halogenated alkanes) is 1. The summed E-state index contributed by atoms with van der Waals surface area (Å²) in [5.74, 6) is -0.653. The smallest absolute Gasteiger partial charge is 0.332 e. The van der Waals surface area contributed by atoms with E-state index >= 15 is 0 Å². The third kappa shape index (κ3) is 2.44. The molecule has 2 heterocycles. The Morgan fingerprint density at radius 2 is 1.96 bits per heavy atom. The van der Waals surface area contributed by atoms with Crippen LogP contribution in [0.5, 0.6) is 0 Å². The van der Waals surface area contributed by atoms with Crippen LogP contribution < -0.4 is 17.0 Å². The number of hydrogen-bond donors (Lipinski definition) is 1. The molecule has 0 atom stereocenters. The molecule has 0 saturated carbocycles. The van der Waals surface area contributed by atoms with Gasteiger partial charge in [0, 0.05) is 11.9 Å². The molecular formula is C16H17N3O4. The van der Waals surface area contributed by atoms with Crippen molar-refractivity contribution in [3.63, 3.8) is 0 Å². The van der Waals surface area contributed by atoms with Crippen molar-refractivity contribution in [2.45, 2.75) is 32.9 Å². The fourth-order valence-corrected chi connectivity index (χ4v) is 2.71. The molecule has 0 radical (unpaired) electrons. The molecule has 0 unspecified atom stereocenters. The lowest BCUT2D eigenvalue weighted by molar-refractivity contribution is -0.118. The number of benzene rings is 1. The zero-order chi connectivity index (χ0) is 16.6. The lowest BCUT2D eigenvalue weighted by Crippen LogP contribution is -2.41. The van der Waals surface area contributed by atoms with Gasteiger partial charge in [-0.2, -0.15) is 0 Å². The van der Waals surface area contributed by atoms with Gasteiger partial charge in [-0.15, -0.1) is 0 Å². The summed E-state index contributed by atoms with van der Waals surface area (Å²) in [7, 11) is 0. The molecule has 2 aromatic heterocycles. The van der Waals surface area contributed by atoms with Gasteiger partial charge in [-0.3, -0.25) is 18.7 Å². The molecule has 1 amide bonds. The second-order valence-electron chi connectivity index (χ2n) is 5.42. The summed E-state index contributed by atoms with van der Waals surface area (Å²) in [6.45, 7) is 1.94. The van der Waals surface area contributed by atoms with E-state index < -0.39 is 17.2 Å². The summed E-state index contributed by atoms with van der Waals surface area (Å²) in [5.41, 5.74) is 5.14. The number of carbonyl (C=O) groups is 1. The lowest BCUT2D eigenvalue weighted by Gasteiger charge is -2.10. The van der Waals surface area contributed by atoms with E-state index in [1.807, 2.05) is 6.92 Å². The Balaban J connectivity index is 2.45. The van der Waals surface area contributed by atoms with Gasteiger partial charge in [0.2, 0.25) is 11.5 Å². The molecule has 7 nitrogen and oxygen atoms in total. The van der Waals surface area contributed by atoms with Gasteiger partial charge in [-0.25, -0.2) is 4.79 Å². The standard InChI is InChI=1S/C16H17N3O4/c1-2-3-8-18-15(21)14-13(19(16(18)22)9-12(17)20)10-6-4-5-7-11(10)23-14/h4-7H,2-3,8-9H2,1H3,(H2,17,20). The molecule has 23 heavy (non-hydrogen) atoms. The van der Waals surface area contributed by atoms with Gasteiger partial charge >= 0.3 is 5.69 Å². The highest BCUT2D eigenvalue weighted by Crippen LogP contribution is 2.25. The summed E-state index contributed by atoms with van der Waals surface area (Å²) >= 11 is 0. The minimum atomic E-state index is -0.653. The van der Waals surface area contributed by atoms with E-state index in [0.29, 0.717) is 22.9 Å². The van der Waals surface area contributed by atoms with Crippen molar-refractivity contribution in [2.24, 2.45) is 5.73 Å². The quantitative estimate of drug-likeness (QED) is 0.764. The first-order valence-electron chi connectivity index (χ1n) is 7.47. The first-order chi connectivity index (χ1) is 11.0. The molecule has 0 spiro atoms. The molecular weight excluding hydrogens is 298 g/mol. The van der Waals surface area contributed by atoms with E-state index in [-0.39, 0.29) is 18.7 Å². The van der Waals surface area contributed by atoms with E-state index in [0.717, 1.165) is 11.0 Å². The number of rotatable bonds is 5. The Bertz CT molecular complexity index is 1010. The van der Waals surface area contributed by atoms with Crippen LogP contribution in [0.2, 0.25) is 0 Å². The molecule has 0 aliphatic rings. The third-order valence-electron chi connectivity index (χ3n) is 3.79. The highest BCUT2D eigenvalue weighted by Gasteiger charge is 2.20. The van der Waals surface area contributed by atoms with Crippen molar-refractivity contribution in [3.8, 4) is 0 Å².